The number of carbonyl (C=O) groups is 1. The van der Waals surface area contributed by atoms with Gasteiger partial charge in [0, 0.05) is 11.6 Å². The van der Waals surface area contributed by atoms with Gasteiger partial charge in [0.25, 0.3) is 0 Å². The molecule has 1 aliphatic rings. The number of hydrogen-bond donors (Lipinski definition) is 1. The zero-order valence-electron chi connectivity index (χ0n) is 13.6. The molecule has 124 valence electrons. The van der Waals surface area contributed by atoms with Gasteiger partial charge in [-0.05, 0) is 43.2 Å². The predicted octanol–water partition coefficient (Wildman–Crippen LogP) is 4.39. The topological polar surface area (TPSA) is 78.9 Å². The van der Waals surface area contributed by atoms with Gasteiger partial charge in [-0.3, -0.25) is 0 Å². The highest BCUT2D eigenvalue weighted by Gasteiger charge is 2.24. The minimum absolute atomic E-state index is 0.237. The number of carboxylic acid groups (broad SMARTS) is 1. The molecule has 4 rings (SSSR count). The largest absolute Gasteiger partial charge is 0.478 e. The summed E-state index contributed by atoms with van der Waals surface area (Å²) in [5.41, 5.74) is 3.35. The third-order valence-electron chi connectivity index (χ3n) is 4.88. The Morgan fingerprint density at radius 1 is 1.20 bits per heavy atom. The van der Waals surface area contributed by atoms with E-state index < -0.39 is 5.97 Å². The van der Waals surface area contributed by atoms with E-state index in [9.17, 15) is 15.2 Å². The van der Waals surface area contributed by atoms with E-state index in [0.717, 1.165) is 29.7 Å². The highest BCUT2D eigenvalue weighted by molar-refractivity contribution is 5.93. The molecule has 5 nitrogen and oxygen atoms in total. The third-order valence-corrected chi connectivity index (χ3v) is 4.88. The fraction of sp³-hybridized carbons (Fsp3) is 0.250. The van der Waals surface area contributed by atoms with Crippen molar-refractivity contribution in [3.8, 4) is 17.5 Å². The highest BCUT2D eigenvalue weighted by atomic mass is 16.4. The number of fused-ring (bicyclic) bond motifs is 1. The molecule has 0 atom stereocenters. The van der Waals surface area contributed by atoms with E-state index in [0.29, 0.717) is 17.1 Å². The van der Waals surface area contributed by atoms with Crippen LogP contribution in [-0.4, -0.2) is 20.6 Å². The third kappa shape index (κ3) is 2.66. The van der Waals surface area contributed by atoms with Gasteiger partial charge >= 0.3 is 5.97 Å². The highest BCUT2D eigenvalue weighted by Crippen LogP contribution is 2.37. The van der Waals surface area contributed by atoms with Crippen LogP contribution in [-0.2, 0) is 0 Å². The van der Waals surface area contributed by atoms with Crippen molar-refractivity contribution in [2.45, 2.75) is 31.7 Å². The van der Waals surface area contributed by atoms with Crippen molar-refractivity contribution in [3.05, 3.63) is 53.6 Å². The van der Waals surface area contributed by atoms with Gasteiger partial charge in [0.2, 0.25) is 0 Å². The molecule has 2 aromatic carbocycles. The molecule has 0 saturated heterocycles. The molecule has 3 aromatic rings. The molecule has 1 saturated carbocycles. The first-order valence-corrected chi connectivity index (χ1v) is 8.43. The van der Waals surface area contributed by atoms with Crippen molar-refractivity contribution in [2.24, 2.45) is 0 Å². The lowest BCUT2D eigenvalue weighted by Crippen LogP contribution is -2.06. The van der Waals surface area contributed by atoms with Crippen molar-refractivity contribution in [1.82, 2.24) is 9.55 Å². The van der Waals surface area contributed by atoms with Crippen molar-refractivity contribution >= 4 is 17.0 Å². The maximum absolute atomic E-state index is 11.3. The van der Waals surface area contributed by atoms with Crippen LogP contribution in [0.25, 0.3) is 22.4 Å². The summed E-state index contributed by atoms with van der Waals surface area (Å²) >= 11 is 0. The minimum atomic E-state index is -0.953. The number of aromatic carboxylic acids is 1. The number of benzene rings is 2. The summed E-state index contributed by atoms with van der Waals surface area (Å²) in [6, 6.07) is 15.1. The second kappa shape index (κ2) is 6.06. The summed E-state index contributed by atoms with van der Waals surface area (Å²) in [6.45, 7) is 0. The Hall–Kier alpha value is -3.13. The van der Waals surface area contributed by atoms with Crippen LogP contribution in [0.1, 0.15) is 47.6 Å². The van der Waals surface area contributed by atoms with Gasteiger partial charge in [-0.1, -0.05) is 25.0 Å². The van der Waals surface area contributed by atoms with Crippen molar-refractivity contribution in [1.29, 1.82) is 5.26 Å². The monoisotopic (exact) mass is 331 g/mol. The molecule has 1 fully saturated rings. The number of carboxylic acids is 1. The molecule has 0 aliphatic heterocycles. The van der Waals surface area contributed by atoms with Crippen LogP contribution >= 0.6 is 0 Å². The van der Waals surface area contributed by atoms with Crippen LogP contribution in [0.4, 0.5) is 0 Å². The number of nitriles is 1. The molecular weight excluding hydrogens is 314 g/mol. The molecule has 1 heterocycles. The van der Waals surface area contributed by atoms with Crippen molar-refractivity contribution < 1.29 is 9.90 Å². The van der Waals surface area contributed by atoms with E-state index >= 15 is 0 Å². The lowest BCUT2D eigenvalue weighted by atomic mass is 10.1. The second-order valence-electron chi connectivity index (χ2n) is 6.44. The van der Waals surface area contributed by atoms with E-state index in [4.69, 9.17) is 4.98 Å². The van der Waals surface area contributed by atoms with Crippen LogP contribution in [0, 0.1) is 11.3 Å². The Labute approximate surface area is 145 Å². The van der Waals surface area contributed by atoms with E-state index in [-0.39, 0.29) is 5.56 Å². The number of nitrogens with zero attached hydrogens (tertiary/aromatic N) is 3. The number of imidazole rings is 1. The zero-order valence-corrected chi connectivity index (χ0v) is 13.6. The second-order valence-corrected chi connectivity index (χ2v) is 6.44. The Morgan fingerprint density at radius 3 is 2.72 bits per heavy atom. The van der Waals surface area contributed by atoms with Gasteiger partial charge in [0.05, 0.1) is 28.2 Å². The lowest BCUT2D eigenvalue weighted by Gasteiger charge is -2.16. The Balaban J connectivity index is 1.96. The van der Waals surface area contributed by atoms with Crippen LogP contribution in [0.2, 0.25) is 0 Å². The zero-order chi connectivity index (χ0) is 17.4. The van der Waals surface area contributed by atoms with Gasteiger partial charge in [0.1, 0.15) is 5.82 Å². The quantitative estimate of drug-likeness (QED) is 0.772. The average Bonchev–Trinajstić information content (AvgIpc) is 3.28. The van der Waals surface area contributed by atoms with Crippen LogP contribution in [0.5, 0.6) is 0 Å². The standard InChI is InChI=1S/C20H17N3O2/c21-12-13-4-3-5-14(10-13)19-22-17-11-15(20(24)25)8-9-18(17)23(19)16-6-1-2-7-16/h3-5,8-11,16H,1-2,6-7H2,(H,24,25). The van der Waals surface area contributed by atoms with Crippen LogP contribution < -0.4 is 0 Å². The van der Waals surface area contributed by atoms with E-state index in [1.54, 1.807) is 18.2 Å². The normalized spacial score (nSPS) is 14.7. The first-order valence-electron chi connectivity index (χ1n) is 8.43. The summed E-state index contributed by atoms with van der Waals surface area (Å²) in [4.78, 5) is 16.0. The van der Waals surface area contributed by atoms with E-state index in [2.05, 4.69) is 10.6 Å². The fourth-order valence-corrected chi connectivity index (χ4v) is 3.70. The molecule has 1 aliphatic carbocycles. The molecule has 0 amide bonds. The van der Waals surface area contributed by atoms with E-state index in [1.165, 1.54) is 12.8 Å². The SMILES string of the molecule is N#Cc1cccc(-c2nc3cc(C(=O)O)ccc3n2C2CCCC2)c1. The van der Waals surface area contributed by atoms with Gasteiger partial charge in [-0.25, -0.2) is 9.78 Å². The maximum atomic E-state index is 11.3. The molecular formula is C20H17N3O2. The maximum Gasteiger partial charge on any atom is 0.335 e. The molecule has 1 N–H and O–H groups in total. The van der Waals surface area contributed by atoms with Crippen molar-refractivity contribution in [3.63, 3.8) is 0 Å². The van der Waals surface area contributed by atoms with Crippen LogP contribution in [0.3, 0.4) is 0 Å². The summed E-state index contributed by atoms with van der Waals surface area (Å²) in [7, 11) is 0. The average molecular weight is 331 g/mol. The Bertz CT molecular complexity index is 1010. The molecule has 5 heteroatoms. The molecule has 0 radical (unpaired) electrons. The number of aromatic nitrogens is 2. The van der Waals surface area contributed by atoms with Gasteiger partial charge in [0.15, 0.2) is 0 Å². The number of hydrogen-bond acceptors (Lipinski definition) is 3. The van der Waals surface area contributed by atoms with E-state index in [1.807, 2.05) is 24.3 Å². The van der Waals surface area contributed by atoms with Gasteiger partial charge in [-0.2, -0.15) is 5.26 Å². The first-order chi connectivity index (χ1) is 12.2. The summed E-state index contributed by atoms with van der Waals surface area (Å²) in [6.07, 6.45) is 4.57. The van der Waals surface area contributed by atoms with Gasteiger partial charge in [-0.15, -0.1) is 0 Å². The molecule has 0 bridgehead atoms. The fourth-order valence-electron chi connectivity index (χ4n) is 3.70. The Morgan fingerprint density at radius 2 is 2.00 bits per heavy atom. The predicted molar refractivity (Wildman–Crippen MR) is 94.3 cm³/mol. The number of rotatable bonds is 3. The summed E-state index contributed by atoms with van der Waals surface area (Å²) in [5.74, 6) is -0.146. The lowest BCUT2D eigenvalue weighted by molar-refractivity contribution is 0.0697. The first kappa shape index (κ1) is 15.4. The van der Waals surface area contributed by atoms with Crippen LogP contribution in [0.15, 0.2) is 42.5 Å². The minimum Gasteiger partial charge on any atom is -0.478 e. The summed E-state index contributed by atoms with van der Waals surface area (Å²) < 4.78 is 2.23. The smallest absolute Gasteiger partial charge is 0.335 e. The molecule has 0 spiro atoms. The van der Waals surface area contributed by atoms with Gasteiger partial charge < -0.3 is 9.67 Å². The van der Waals surface area contributed by atoms with Crippen molar-refractivity contribution in [2.75, 3.05) is 0 Å². The summed E-state index contributed by atoms with van der Waals surface area (Å²) in [5, 5.41) is 18.4. The molecule has 0 unspecified atom stereocenters. The Kier molecular flexibility index (Phi) is 3.73. The molecule has 1 aromatic heterocycles. The molecule has 25 heavy (non-hydrogen) atoms.